The lowest BCUT2D eigenvalue weighted by atomic mass is 10.1. The number of rotatable bonds is 4. The molecule has 0 unspecified atom stereocenters. The summed E-state index contributed by atoms with van der Waals surface area (Å²) in [4.78, 5) is 29.0. The predicted octanol–water partition coefficient (Wildman–Crippen LogP) is 2.12. The first-order valence-corrected chi connectivity index (χ1v) is 11.2. The zero-order valence-electron chi connectivity index (χ0n) is 16.6. The van der Waals surface area contributed by atoms with E-state index in [2.05, 4.69) is 30.8 Å². The molecule has 0 saturated carbocycles. The van der Waals surface area contributed by atoms with E-state index in [4.69, 9.17) is 4.52 Å². The van der Waals surface area contributed by atoms with Crippen molar-refractivity contribution in [1.29, 1.82) is 0 Å². The van der Waals surface area contributed by atoms with Gasteiger partial charge >= 0.3 is 5.69 Å². The number of sulfonamides is 1. The van der Waals surface area contributed by atoms with Crippen LogP contribution in [0.4, 0.5) is 0 Å². The van der Waals surface area contributed by atoms with E-state index in [9.17, 15) is 18.0 Å². The van der Waals surface area contributed by atoms with Gasteiger partial charge in [-0.25, -0.2) is 17.9 Å². The highest BCUT2D eigenvalue weighted by Gasteiger charge is 2.28. The number of amides is 1. The number of pyridine rings is 1. The maximum absolute atomic E-state index is 13.0. The van der Waals surface area contributed by atoms with Gasteiger partial charge in [0.05, 0.1) is 16.7 Å². The van der Waals surface area contributed by atoms with Crippen molar-refractivity contribution in [3.05, 3.63) is 62.8 Å². The highest BCUT2D eigenvalue weighted by molar-refractivity contribution is 9.10. The van der Waals surface area contributed by atoms with Crippen LogP contribution in [0.2, 0.25) is 0 Å². The summed E-state index contributed by atoms with van der Waals surface area (Å²) >= 11 is 3.23. The zero-order chi connectivity index (χ0) is 22.5. The molecule has 160 valence electrons. The van der Waals surface area contributed by atoms with Crippen LogP contribution in [0.5, 0.6) is 0 Å². The molecule has 0 bridgehead atoms. The molecule has 0 aliphatic carbocycles. The van der Waals surface area contributed by atoms with Crippen molar-refractivity contribution in [2.24, 2.45) is 14.1 Å². The predicted molar refractivity (Wildman–Crippen MR) is 115 cm³/mol. The number of hydrogen-bond acceptors (Lipinski definition) is 7. The molecule has 1 amide bonds. The monoisotopic (exact) mass is 505 g/mol. The summed E-state index contributed by atoms with van der Waals surface area (Å²) in [7, 11) is -1.19. The molecule has 4 rings (SSSR count). The van der Waals surface area contributed by atoms with Gasteiger partial charge in [0.1, 0.15) is 21.9 Å². The summed E-state index contributed by atoms with van der Waals surface area (Å²) in [5.74, 6) is -0.762. The lowest BCUT2D eigenvalue weighted by Gasteiger charge is -2.10. The van der Waals surface area contributed by atoms with E-state index >= 15 is 0 Å². The Balaban J connectivity index is 1.77. The summed E-state index contributed by atoms with van der Waals surface area (Å²) in [6, 6.07) is 7.88. The third-order valence-corrected chi connectivity index (χ3v) is 7.13. The van der Waals surface area contributed by atoms with Gasteiger partial charge in [0.2, 0.25) is 0 Å². The molecule has 3 aromatic heterocycles. The summed E-state index contributed by atoms with van der Waals surface area (Å²) < 4.78 is 36.2. The fraction of sp³-hybridized carbons (Fsp3) is 0.158. The van der Waals surface area contributed by atoms with Gasteiger partial charge in [0, 0.05) is 24.8 Å². The Labute approximate surface area is 184 Å². The van der Waals surface area contributed by atoms with Crippen LogP contribution in [-0.2, 0) is 24.1 Å². The zero-order valence-corrected chi connectivity index (χ0v) is 19.0. The first-order chi connectivity index (χ1) is 14.6. The summed E-state index contributed by atoms with van der Waals surface area (Å²) in [5, 5.41) is 3.85. The van der Waals surface area contributed by atoms with Crippen LogP contribution in [0.3, 0.4) is 0 Å². The maximum atomic E-state index is 13.0. The van der Waals surface area contributed by atoms with Crippen molar-refractivity contribution in [1.82, 2.24) is 24.0 Å². The van der Waals surface area contributed by atoms with E-state index in [-0.39, 0.29) is 32.1 Å². The number of aryl methyl sites for hydroxylation is 3. The van der Waals surface area contributed by atoms with Crippen LogP contribution in [0.1, 0.15) is 16.1 Å². The van der Waals surface area contributed by atoms with E-state index in [0.717, 1.165) is 0 Å². The van der Waals surface area contributed by atoms with Crippen LogP contribution < -0.4 is 10.4 Å². The molecule has 1 aromatic carbocycles. The third kappa shape index (κ3) is 3.47. The van der Waals surface area contributed by atoms with Crippen LogP contribution in [0.15, 0.2) is 55.2 Å². The van der Waals surface area contributed by atoms with Gasteiger partial charge in [-0.1, -0.05) is 11.2 Å². The summed E-state index contributed by atoms with van der Waals surface area (Å²) in [5.41, 5.74) is 1.09. The number of carbonyl (C=O) groups is 1. The number of benzene rings is 1. The van der Waals surface area contributed by atoms with Gasteiger partial charge in [-0.2, -0.15) is 0 Å². The van der Waals surface area contributed by atoms with Crippen molar-refractivity contribution < 1.29 is 17.7 Å². The van der Waals surface area contributed by atoms with E-state index < -0.39 is 15.9 Å². The average molecular weight is 506 g/mol. The molecular formula is C19H16BrN5O5S. The molecule has 1 N–H and O–H groups in total. The van der Waals surface area contributed by atoms with Gasteiger partial charge < -0.3 is 4.52 Å². The molecule has 0 radical (unpaired) electrons. The van der Waals surface area contributed by atoms with Crippen LogP contribution in [0, 0.1) is 6.92 Å². The number of carbonyl (C=O) groups excluding carboxylic acids is 1. The normalized spacial score (nSPS) is 11.7. The Kier molecular flexibility index (Phi) is 5.06. The lowest BCUT2D eigenvalue weighted by molar-refractivity contribution is 0.0980. The van der Waals surface area contributed by atoms with Gasteiger partial charge in [-0.15, -0.1) is 0 Å². The Morgan fingerprint density at radius 1 is 1.16 bits per heavy atom. The standard InChI is InChI=1S/C19H16BrN5O5S/c1-10-16(17(22-30-10)12-6-4-5-7-21-12)18(26)23-31(28,29)15-9-14-13(8-11(15)20)24(2)19(27)25(14)3/h4-9H,1-3H3,(H,23,26). The minimum Gasteiger partial charge on any atom is -0.360 e. The Morgan fingerprint density at radius 2 is 1.84 bits per heavy atom. The fourth-order valence-corrected chi connectivity index (χ4v) is 5.26. The molecule has 12 heteroatoms. The molecule has 31 heavy (non-hydrogen) atoms. The van der Waals surface area contributed by atoms with Gasteiger partial charge in [-0.05, 0) is 47.1 Å². The van der Waals surface area contributed by atoms with E-state index in [1.54, 1.807) is 25.2 Å². The average Bonchev–Trinajstić information content (AvgIpc) is 3.21. The second-order valence-electron chi connectivity index (χ2n) is 6.78. The smallest absolute Gasteiger partial charge is 0.328 e. The van der Waals surface area contributed by atoms with Crippen molar-refractivity contribution in [3.63, 3.8) is 0 Å². The Bertz CT molecular complexity index is 1500. The van der Waals surface area contributed by atoms with Gasteiger partial charge in [0.15, 0.2) is 0 Å². The van der Waals surface area contributed by atoms with E-state index in [1.807, 2.05) is 0 Å². The Hall–Kier alpha value is -3.25. The second-order valence-corrected chi connectivity index (χ2v) is 9.29. The number of aromatic nitrogens is 4. The number of nitrogens with zero attached hydrogens (tertiary/aromatic N) is 4. The lowest BCUT2D eigenvalue weighted by Crippen LogP contribution is -2.31. The molecule has 10 nitrogen and oxygen atoms in total. The van der Waals surface area contributed by atoms with E-state index in [1.165, 1.54) is 41.4 Å². The number of fused-ring (bicyclic) bond motifs is 1. The second kappa shape index (κ2) is 7.46. The highest BCUT2D eigenvalue weighted by Crippen LogP contribution is 2.28. The topological polar surface area (TPSA) is 129 Å². The molecule has 0 aliphatic heterocycles. The minimum atomic E-state index is -4.30. The summed E-state index contributed by atoms with van der Waals surface area (Å²) in [6.45, 7) is 1.50. The molecule has 0 saturated heterocycles. The number of nitrogens with one attached hydrogen (secondary N) is 1. The number of imidazole rings is 1. The quantitative estimate of drug-likeness (QED) is 0.449. The molecular weight excluding hydrogens is 490 g/mol. The number of hydrogen-bond donors (Lipinski definition) is 1. The van der Waals surface area contributed by atoms with Gasteiger partial charge in [-0.3, -0.25) is 18.9 Å². The first kappa shape index (κ1) is 21.0. The molecule has 4 aromatic rings. The molecule has 3 heterocycles. The summed E-state index contributed by atoms with van der Waals surface area (Å²) in [6.07, 6.45) is 1.52. The van der Waals surface area contributed by atoms with Crippen molar-refractivity contribution in [3.8, 4) is 11.4 Å². The SMILES string of the molecule is Cc1onc(-c2ccccn2)c1C(=O)NS(=O)(=O)c1cc2c(cc1Br)n(C)c(=O)n2C. The molecule has 0 aliphatic rings. The van der Waals surface area contributed by atoms with Crippen LogP contribution >= 0.6 is 15.9 Å². The van der Waals surface area contributed by atoms with Crippen LogP contribution in [-0.4, -0.2) is 33.6 Å². The third-order valence-electron chi connectivity index (χ3n) is 4.84. The number of halogens is 1. The van der Waals surface area contributed by atoms with Crippen molar-refractivity contribution in [2.45, 2.75) is 11.8 Å². The van der Waals surface area contributed by atoms with E-state index in [0.29, 0.717) is 16.7 Å². The fourth-order valence-electron chi connectivity index (χ4n) is 3.25. The highest BCUT2D eigenvalue weighted by atomic mass is 79.9. The molecule has 0 spiro atoms. The first-order valence-electron chi connectivity index (χ1n) is 8.91. The van der Waals surface area contributed by atoms with Crippen molar-refractivity contribution in [2.75, 3.05) is 0 Å². The molecule has 0 atom stereocenters. The molecule has 0 fully saturated rings. The van der Waals surface area contributed by atoms with Crippen molar-refractivity contribution >= 4 is 42.9 Å². The maximum Gasteiger partial charge on any atom is 0.328 e. The minimum absolute atomic E-state index is 0.0356. The largest absolute Gasteiger partial charge is 0.360 e. The van der Waals surface area contributed by atoms with Crippen LogP contribution in [0.25, 0.3) is 22.4 Å². The van der Waals surface area contributed by atoms with Gasteiger partial charge in [0.25, 0.3) is 15.9 Å². The Morgan fingerprint density at radius 3 is 2.48 bits per heavy atom.